The number of hydrogen-bond donors (Lipinski definition) is 2. The molecule has 2 N–H and O–H groups in total. The first-order valence-corrected chi connectivity index (χ1v) is 7.70. The number of likely N-dealkylation sites (tertiary alicyclic amines) is 1. The number of carboxylic acid groups (broad SMARTS) is 1. The van der Waals surface area contributed by atoms with E-state index >= 15 is 0 Å². The second kappa shape index (κ2) is 5.92. The fourth-order valence-electron chi connectivity index (χ4n) is 2.72. The number of carbonyl (C=O) groups excluding carboxylic acids is 1. The van der Waals surface area contributed by atoms with Gasteiger partial charge in [0.2, 0.25) is 5.91 Å². The van der Waals surface area contributed by atoms with E-state index in [0.717, 1.165) is 15.2 Å². The average Bonchev–Trinajstić information content (AvgIpc) is 2.97. The number of benzene rings is 1. The number of amides is 2. The highest BCUT2D eigenvalue weighted by Crippen LogP contribution is 2.25. The Kier molecular flexibility index (Phi) is 3.98. The summed E-state index contributed by atoms with van der Waals surface area (Å²) in [6.07, 6.45) is 1.79. The smallest absolute Gasteiger partial charge is 0.407 e. The van der Waals surface area contributed by atoms with Crippen molar-refractivity contribution in [2.75, 3.05) is 11.9 Å². The lowest BCUT2D eigenvalue weighted by atomic mass is 10.1. The molecule has 1 aromatic carbocycles. The van der Waals surface area contributed by atoms with Gasteiger partial charge in [-0.1, -0.05) is 15.9 Å². The van der Waals surface area contributed by atoms with E-state index in [9.17, 15) is 9.59 Å². The van der Waals surface area contributed by atoms with E-state index in [4.69, 9.17) is 5.11 Å². The van der Waals surface area contributed by atoms with Crippen LogP contribution in [-0.2, 0) is 4.79 Å². The summed E-state index contributed by atoms with van der Waals surface area (Å²) in [7, 11) is 0. The first-order valence-electron chi connectivity index (χ1n) is 6.91. The van der Waals surface area contributed by atoms with E-state index in [1.807, 2.05) is 24.3 Å². The maximum absolute atomic E-state index is 12.4. The van der Waals surface area contributed by atoms with Gasteiger partial charge in [0.25, 0.3) is 0 Å². The Bertz CT molecular complexity index is 750. The molecule has 1 unspecified atom stereocenters. The van der Waals surface area contributed by atoms with Gasteiger partial charge in [0.05, 0.1) is 0 Å². The van der Waals surface area contributed by atoms with Gasteiger partial charge in [-0.2, -0.15) is 0 Å². The summed E-state index contributed by atoms with van der Waals surface area (Å²) < 4.78 is 0.941. The number of nitrogens with zero attached hydrogens (tertiary/aromatic N) is 2. The second-order valence-electron chi connectivity index (χ2n) is 5.15. The van der Waals surface area contributed by atoms with Gasteiger partial charge in [0.1, 0.15) is 11.9 Å². The molecule has 22 heavy (non-hydrogen) atoms. The number of aromatic nitrogens is 1. The highest BCUT2D eigenvalue weighted by Gasteiger charge is 2.34. The fourth-order valence-corrected chi connectivity index (χ4v) is 3.10. The van der Waals surface area contributed by atoms with Crippen molar-refractivity contribution in [2.45, 2.75) is 18.9 Å². The summed E-state index contributed by atoms with van der Waals surface area (Å²) in [5.41, 5.74) is 0. The molecule has 1 saturated heterocycles. The molecule has 0 spiro atoms. The third-order valence-corrected chi connectivity index (χ3v) is 4.26. The van der Waals surface area contributed by atoms with Crippen LogP contribution in [0.2, 0.25) is 0 Å². The van der Waals surface area contributed by atoms with Gasteiger partial charge in [0, 0.05) is 22.6 Å². The Hall–Kier alpha value is -2.15. The second-order valence-corrected chi connectivity index (χ2v) is 6.06. The topological polar surface area (TPSA) is 82.5 Å². The lowest BCUT2D eigenvalue weighted by molar-refractivity contribution is -0.119. The zero-order valence-electron chi connectivity index (χ0n) is 11.6. The Balaban J connectivity index is 1.87. The normalized spacial score (nSPS) is 17.7. The molecule has 0 radical (unpaired) electrons. The van der Waals surface area contributed by atoms with Gasteiger partial charge < -0.3 is 10.4 Å². The predicted molar refractivity (Wildman–Crippen MR) is 85.8 cm³/mol. The highest BCUT2D eigenvalue weighted by molar-refractivity contribution is 9.10. The molecule has 1 aromatic heterocycles. The van der Waals surface area contributed by atoms with Gasteiger partial charge in [0.15, 0.2) is 0 Å². The first kappa shape index (κ1) is 14.8. The van der Waals surface area contributed by atoms with E-state index in [2.05, 4.69) is 26.2 Å². The molecule has 1 aliphatic rings. The van der Waals surface area contributed by atoms with E-state index in [-0.39, 0.29) is 5.91 Å². The minimum atomic E-state index is -1.06. The summed E-state index contributed by atoms with van der Waals surface area (Å²) in [5.74, 6) is 0.120. The van der Waals surface area contributed by atoms with Crippen molar-refractivity contribution in [1.82, 2.24) is 9.88 Å². The molecule has 0 bridgehead atoms. The Morgan fingerprint density at radius 2 is 2.18 bits per heavy atom. The minimum Gasteiger partial charge on any atom is -0.465 e. The molecular weight excluding hydrogens is 350 g/mol. The number of halogens is 1. The summed E-state index contributed by atoms with van der Waals surface area (Å²) in [6, 6.07) is 6.88. The minimum absolute atomic E-state index is 0.331. The number of carbonyl (C=O) groups is 2. The van der Waals surface area contributed by atoms with Crippen molar-refractivity contribution in [1.29, 1.82) is 0 Å². The molecule has 7 heteroatoms. The number of rotatable bonds is 2. The maximum Gasteiger partial charge on any atom is 0.407 e. The maximum atomic E-state index is 12.4. The van der Waals surface area contributed by atoms with E-state index in [1.165, 1.54) is 4.90 Å². The standard InChI is InChI=1S/C15H14BrN3O3/c16-10-3-4-11-9(8-10)5-6-17-13(11)18-14(20)12-2-1-7-19(12)15(21)22/h3-6,8,12H,1-2,7H2,(H,21,22)(H,17,18,20). The summed E-state index contributed by atoms with van der Waals surface area (Å²) in [6.45, 7) is 0.392. The number of pyridine rings is 1. The molecule has 114 valence electrons. The quantitative estimate of drug-likeness (QED) is 0.858. The van der Waals surface area contributed by atoms with Crippen molar-refractivity contribution < 1.29 is 14.7 Å². The van der Waals surface area contributed by atoms with Crippen molar-refractivity contribution in [3.63, 3.8) is 0 Å². The largest absolute Gasteiger partial charge is 0.465 e. The molecule has 2 heterocycles. The lowest BCUT2D eigenvalue weighted by Gasteiger charge is -2.20. The van der Waals surface area contributed by atoms with Gasteiger partial charge in [-0.3, -0.25) is 9.69 Å². The molecule has 1 fully saturated rings. The third-order valence-electron chi connectivity index (χ3n) is 3.77. The average molecular weight is 364 g/mol. The Morgan fingerprint density at radius 3 is 2.95 bits per heavy atom. The van der Waals surface area contributed by atoms with Crippen LogP contribution in [0.15, 0.2) is 34.9 Å². The Labute approximate surface area is 135 Å². The lowest BCUT2D eigenvalue weighted by Crippen LogP contribution is -2.42. The first-order chi connectivity index (χ1) is 10.6. The van der Waals surface area contributed by atoms with Crippen LogP contribution in [0.25, 0.3) is 10.8 Å². The zero-order valence-corrected chi connectivity index (χ0v) is 13.2. The van der Waals surface area contributed by atoms with Crippen LogP contribution in [0, 0.1) is 0 Å². The van der Waals surface area contributed by atoms with Crippen LogP contribution in [0.3, 0.4) is 0 Å². The van der Waals surface area contributed by atoms with Gasteiger partial charge in [-0.05, 0) is 42.5 Å². The number of anilines is 1. The van der Waals surface area contributed by atoms with Crippen LogP contribution in [0.1, 0.15) is 12.8 Å². The number of hydrogen-bond acceptors (Lipinski definition) is 3. The zero-order chi connectivity index (χ0) is 15.7. The van der Waals surface area contributed by atoms with E-state index in [0.29, 0.717) is 25.2 Å². The molecule has 2 aromatic rings. The molecule has 2 amide bonds. The predicted octanol–water partition coefficient (Wildman–Crippen LogP) is 3.08. The van der Waals surface area contributed by atoms with Crippen LogP contribution >= 0.6 is 15.9 Å². The van der Waals surface area contributed by atoms with E-state index < -0.39 is 12.1 Å². The summed E-state index contributed by atoms with van der Waals surface area (Å²) in [5, 5.41) is 13.7. The molecule has 0 aliphatic carbocycles. The molecule has 1 atom stereocenters. The summed E-state index contributed by atoms with van der Waals surface area (Å²) >= 11 is 3.41. The van der Waals surface area contributed by atoms with Gasteiger partial charge in [-0.25, -0.2) is 9.78 Å². The van der Waals surface area contributed by atoms with Crippen molar-refractivity contribution in [3.05, 3.63) is 34.9 Å². The SMILES string of the molecule is O=C(Nc1nccc2cc(Br)ccc12)C1CCCN1C(=O)O. The van der Waals surface area contributed by atoms with Gasteiger partial charge >= 0.3 is 6.09 Å². The fraction of sp³-hybridized carbons (Fsp3) is 0.267. The summed E-state index contributed by atoms with van der Waals surface area (Å²) in [4.78, 5) is 28.9. The molecule has 0 saturated carbocycles. The monoisotopic (exact) mass is 363 g/mol. The molecule has 1 aliphatic heterocycles. The van der Waals surface area contributed by atoms with Crippen LogP contribution in [0.5, 0.6) is 0 Å². The molecular formula is C15H14BrN3O3. The van der Waals surface area contributed by atoms with E-state index in [1.54, 1.807) is 6.20 Å². The van der Waals surface area contributed by atoms with Crippen LogP contribution in [0.4, 0.5) is 10.6 Å². The van der Waals surface area contributed by atoms with Gasteiger partial charge in [-0.15, -0.1) is 0 Å². The van der Waals surface area contributed by atoms with Crippen molar-refractivity contribution >= 4 is 44.5 Å². The van der Waals surface area contributed by atoms with Crippen LogP contribution in [-0.4, -0.2) is 39.6 Å². The molecule has 6 nitrogen and oxygen atoms in total. The third kappa shape index (κ3) is 2.76. The molecule has 3 rings (SSSR count). The Morgan fingerprint density at radius 1 is 1.36 bits per heavy atom. The van der Waals surface area contributed by atoms with Crippen molar-refractivity contribution in [2.24, 2.45) is 0 Å². The number of fused-ring (bicyclic) bond motifs is 1. The number of nitrogens with one attached hydrogen (secondary N) is 1. The van der Waals surface area contributed by atoms with Crippen molar-refractivity contribution in [3.8, 4) is 0 Å². The highest BCUT2D eigenvalue weighted by atomic mass is 79.9. The van der Waals surface area contributed by atoms with Crippen LogP contribution < -0.4 is 5.32 Å².